The molecule has 0 saturated carbocycles. The lowest BCUT2D eigenvalue weighted by atomic mass is 10.1. The summed E-state index contributed by atoms with van der Waals surface area (Å²) in [5.74, 6) is -0.330. The van der Waals surface area contributed by atoms with Crippen molar-refractivity contribution in [3.05, 3.63) is 24.3 Å². The molecule has 2 atom stereocenters. The first-order valence-corrected chi connectivity index (χ1v) is 7.58. The molecule has 0 saturated heterocycles. The Morgan fingerprint density at radius 2 is 1.95 bits per heavy atom. The van der Waals surface area contributed by atoms with Crippen LogP contribution >= 0.6 is 0 Å². The minimum atomic E-state index is -1.52. The molecule has 0 radical (unpaired) electrons. The van der Waals surface area contributed by atoms with E-state index >= 15 is 0 Å². The topological polar surface area (TPSA) is 63.6 Å². The van der Waals surface area contributed by atoms with Gasteiger partial charge < -0.3 is 9.84 Å². The zero-order chi connectivity index (χ0) is 14.3. The normalized spacial score (nSPS) is 13.8. The lowest BCUT2D eigenvalue weighted by Gasteiger charge is -2.12. The molecule has 2 unspecified atom stereocenters. The summed E-state index contributed by atoms with van der Waals surface area (Å²) in [6.45, 7) is 2.05. The van der Waals surface area contributed by atoms with Gasteiger partial charge in [0.15, 0.2) is 0 Å². The van der Waals surface area contributed by atoms with Gasteiger partial charge in [-0.05, 0) is 30.7 Å². The summed E-state index contributed by atoms with van der Waals surface area (Å²) >= 11 is 0. The zero-order valence-electron chi connectivity index (χ0n) is 11.3. The summed E-state index contributed by atoms with van der Waals surface area (Å²) in [5, 5.41) is 8.35. The Morgan fingerprint density at radius 1 is 1.32 bits per heavy atom. The molecule has 0 aliphatic rings. The second kappa shape index (κ2) is 7.94. The fourth-order valence-corrected chi connectivity index (χ4v) is 3.07. The van der Waals surface area contributed by atoms with Gasteiger partial charge in [-0.2, -0.15) is 0 Å². The molecule has 0 heterocycles. The number of rotatable bonds is 8. The number of aliphatic carboxylic acids is 1. The van der Waals surface area contributed by atoms with Gasteiger partial charge in [0.1, 0.15) is 11.0 Å². The van der Waals surface area contributed by atoms with E-state index in [2.05, 4.69) is 6.92 Å². The van der Waals surface area contributed by atoms with Crippen molar-refractivity contribution in [2.75, 3.05) is 7.11 Å². The van der Waals surface area contributed by atoms with Gasteiger partial charge in [0, 0.05) is 4.90 Å². The highest BCUT2D eigenvalue weighted by Crippen LogP contribution is 2.19. The Bertz CT molecular complexity index is 428. The maximum Gasteiger partial charge on any atom is 0.319 e. The van der Waals surface area contributed by atoms with E-state index in [4.69, 9.17) is 4.74 Å². The summed E-state index contributed by atoms with van der Waals surface area (Å²) in [6, 6.07) is 6.70. The highest BCUT2D eigenvalue weighted by Gasteiger charge is 2.25. The van der Waals surface area contributed by atoms with Gasteiger partial charge in [0.05, 0.1) is 17.9 Å². The first-order valence-electron chi connectivity index (χ1n) is 6.37. The first kappa shape index (κ1) is 15.7. The van der Waals surface area contributed by atoms with Gasteiger partial charge in [0.25, 0.3) is 0 Å². The molecule has 19 heavy (non-hydrogen) atoms. The van der Waals surface area contributed by atoms with E-state index in [1.54, 1.807) is 31.4 Å². The lowest BCUT2D eigenvalue weighted by molar-refractivity contribution is -0.136. The van der Waals surface area contributed by atoms with E-state index < -0.39 is 22.0 Å². The van der Waals surface area contributed by atoms with E-state index in [0.717, 1.165) is 19.3 Å². The number of carboxylic acids is 1. The van der Waals surface area contributed by atoms with Crippen molar-refractivity contribution in [1.82, 2.24) is 0 Å². The van der Waals surface area contributed by atoms with E-state index in [1.807, 2.05) is 0 Å². The molecule has 4 nitrogen and oxygen atoms in total. The Morgan fingerprint density at radius 3 is 2.42 bits per heavy atom. The molecule has 0 fully saturated rings. The third-order valence-corrected chi connectivity index (χ3v) is 4.59. The van der Waals surface area contributed by atoms with E-state index in [-0.39, 0.29) is 0 Å². The lowest BCUT2D eigenvalue weighted by Crippen LogP contribution is -2.25. The number of methoxy groups -OCH3 is 1. The van der Waals surface area contributed by atoms with Crippen LogP contribution in [-0.4, -0.2) is 27.6 Å². The molecule has 0 aliphatic heterocycles. The molecule has 0 amide bonds. The maximum atomic E-state index is 12.3. The van der Waals surface area contributed by atoms with Crippen molar-refractivity contribution in [1.29, 1.82) is 0 Å². The van der Waals surface area contributed by atoms with Crippen LogP contribution in [0.2, 0.25) is 0 Å². The molecule has 1 aromatic rings. The molecule has 1 aromatic carbocycles. The van der Waals surface area contributed by atoms with Crippen LogP contribution in [0.15, 0.2) is 29.2 Å². The average molecular weight is 284 g/mol. The second-order valence-corrected chi connectivity index (χ2v) is 5.93. The van der Waals surface area contributed by atoms with Crippen LogP contribution in [0, 0.1) is 0 Å². The maximum absolute atomic E-state index is 12.3. The summed E-state index contributed by atoms with van der Waals surface area (Å²) in [5.41, 5.74) is 0. The first-order chi connectivity index (χ1) is 9.10. The quantitative estimate of drug-likeness (QED) is 0.746. The van der Waals surface area contributed by atoms with Crippen LogP contribution in [0.1, 0.15) is 32.6 Å². The molecule has 106 valence electrons. The van der Waals surface area contributed by atoms with E-state index in [1.165, 1.54) is 0 Å². The van der Waals surface area contributed by atoms with E-state index in [9.17, 15) is 14.1 Å². The Hall–Kier alpha value is -1.36. The predicted octanol–water partition coefficient (Wildman–Crippen LogP) is 2.84. The smallest absolute Gasteiger partial charge is 0.319 e. The summed E-state index contributed by atoms with van der Waals surface area (Å²) in [6.07, 6.45) is 3.21. The fourth-order valence-electron chi connectivity index (χ4n) is 1.78. The van der Waals surface area contributed by atoms with Gasteiger partial charge in [-0.3, -0.25) is 9.00 Å². The van der Waals surface area contributed by atoms with E-state index in [0.29, 0.717) is 17.1 Å². The van der Waals surface area contributed by atoms with Crippen molar-refractivity contribution in [2.24, 2.45) is 0 Å². The molecule has 0 aromatic heterocycles. The molecular weight excluding hydrogens is 264 g/mol. The second-order valence-electron chi connectivity index (χ2n) is 4.30. The number of carboxylic acid groups (broad SMARTS) is 1. The largest absolute Gasteiger partial charge is 0.497 e. The SMILES string of the molecule is CCCCCC(C(=O)O)S(=O)c1ccc(OC)cc1. The Labute approximate surface area is 116 Å². The number of unbranched alkanes of at least 4 members (excludes halogenated alkanes) is 2. The number of ether oxygens (including phenoxy) is 1. The third kappa shape index (κ3) is 4.67. The number of carbonyl (C=O) groups is 1. The number of hydrogen-bond donors (Lipinski definition) is 1. The average Bonchev–Trinajstić information content (AvgIpc) is 2.42. The fraction of sp³-hybridized carbons (Fsp3) is 0.500. The van der Waals surface area contributed by atoms with Gasteiger partial charge in [-0.1, -0.05) is 26.2 Å². The van der Waals surface area contributed by atoms with Crippen molar-refractivity contribution < 1.29 is 18.8 Å². The number of hydrogen-bond acceptors (Lipinski definition) is 3. The molecule has 0 bridgehead atoms. The van der Waals surface area contributed by atoms with Crippen LogP contribution in [-0.2, 0) is 15.6 Å². The van der Waals surface area contributed by atoms with Crippen LogP contribution in [0.5, 0.6) is 5.75 Å². The highest BCUT2D eigenvalue weighted by atomic mass is 32.2. The summed E-state index contributed by atoms with van der Waals surface area (Å²) in [7, 11) is 0.0322. The molecular formula is C14H20O4S. The van der Waals surface area contributed by atoms with Crippen LogP contribution in [0.3, 0.4) is 0 Å². The van der Waals surface area contributed by atoms with Gasteiger partial charge in [-0.15, -0.1) is 0 Å². The molecule has 5 heteroatoms. The van der Waals surface area contributed by atoms with Crippen LogP contribution < -0.4 is 4.74 Å². The van der Waals surface area contributed by atoms with Crippen LogP contribution in [0.25, 0.3) is 0 Å². The van der Waals surface area contributed by atoms with Crippen LogP contribution in [0.4, 0.5) is 0 Å². The summed E-state index contributed by atoms with van der Waals surface area (Å²) < 4.78 is 17.3. The van der Waals surface area contributed by atoms with Gasteiger partial charge in [0.2, 0.25) is 0 Å². The summed E-state index contributed by atoms with van der Waals surface area (Å²) in [4.78, 5) is 11.7. The van der Waals surface area contributed by atoms with Gasteiger partial charge >= 0.3 is 5.97 Å². The third-order valence-electron chi connectivity index (χ3n) is 2.90. The minimum Gasteiger partial charge on any atom is -0.497 e. The Kier molecular flexibility index (Phi) is 6.56. The molecule has 0 spiro atoms. The Balaban J connectivity index is 2.77. The minimum absolute atomic E-state index is 0.446. The van der Waals surface area contributed by atoms with Crippen molar-refractivity contribution >= 4 is 16.8 Å². The predicted molar refractivity (Wildman–Crippen MR) is 75.0 cm³/mol. The van der Waals surface area contributed by atoms with Crippen molar-refractivity contribution in [2.45, 2.75) is 42.8 Å². The molecule has 0 aliphatic carbocycles. The van der Waals surface area contributed by atoms with Crippen molar-refractivity contribution in [3.63, 3.8) is 0 Å². The van der Waals surface area contributed by atoms with Gasteiger partial charge in [-0.25, -0.2) is 0 Å². The highest BCUT2D eigenvalue weighted by molar-refractivity contribution is 7.86. The molecule has 1 rings (SSSR count). The zero-order valence-corrected chi connectivity index (χ0v) is 12.1. The number of benzene rings is 1. The van der Waals surface area contributed by atoms with Crippen molar-refractivity contribution in [3.8, 4) is 5.75 Å². The standard InChI is InChI=1S/C14H20O4S/c1-3-4-5-6-13(14(15)16)19(17)12-9-7-11(18-2)8-10-12/h7-10,13H,3-6H2,1-2H3,(H,15,16). The molecule has 1 N–H and O–H groups in total. The monoisotopic (exact) mass is 284 g/mol.